The van der Waals surface area contributed by atoms with E-state index in [0.717, 1.165) is 64.4 Å². The second-order valence-electron chi connectivity index (χ2n) is 9.46. The van der Waals surface area contributed by atoms with Crippen molar-refractivity contribution < 1.29 is 4.74 Å². The number of aromatic amines is 1. The number of nitrogens with zero attached hydrogens (tertiary/aromatic N) is 4. The summed E-state index contributed by atoms with van der Waals surface area (Å²) >= 11 is 0. The van der Waals surface area contributed by atoms with Gasteiger partial charge in [-0.25, -0.2) is 0 Å². The van der Waals surface area contributed by atoms with E-state index < -0.39 is 0 Å². The van der Waals surface area contributed by atoms with E-state index in [0.29, 0.717) is 12.2 Å². The van der Waals surface area contributed by atoms with Crippen LogP contribution in [0.4, 0.5) is 11.4 Å². The Balaban J connectivity index is 1.31. The van der Waals surface area contributed by atoms with Crippen molar-refractivity contribution >= 4 is 34.4 Å². The Morgan fingerprint density at radius 3 is 2.73 bits per heavy atom. The molecule has 4 aromatic rings. The first-order valence-electron chi connectivity index (χ1n) is 12.9. The van der Waals surface area contributed by atoms with Crippen LogP contribution in [0.25, 0.3) is 23.1 Å². The van der Waals surface area contributed by atoms with Crippen LogP contribution in [0.1, 0.15) is 47.9 Å². The number of nitriles is 1. The molecule has 0 unspecified atom stereocenters. The Kier molecular flexibility index (Phi) is 7.78. The molecule has 0 aliphatic carbocycles. The second-order valence-corrected chi connectivity index (χ2v) is 9.46. The highest BCUT2D eigenvalue weighted by molar-refractivity contribution is 5.90. The molecule has 7 nitrogen and oxygen atoms in total. The number of H-pyrrole nitrogens is 1. The number of likely N-dealkylation sites (tertiary alicyclic amines) is 1. The van der Waals surface area contributed by atoms with Crippen LogP contribution in [-0.4, -0.2) is 46.1 Å². The number of pyridine rings is 2. The minimum absolute atomic E-state index is 0.486. The van der Waals surface area contributed by atoms with Gasteiger partial charge in [-0.05, 0) is 68.2 Å². The molecule has 7 heteroatoms. The molecule has 1 saturated heterocycles. The summed E-state index contributed by atoms with van der Waals surface area (Å²) in [6.07, 6.45) is 18.0. The smallest absolute Gasteiger partial charge is 0.138 e. The minimum atomic E-state index is 0.486. The lowest BCUT2D eigenvalue weighted by Crippen LogP contribution is -2.29. The number of hydrogen-bond acceptors (Lipinski definition) is 6. The topological polar surface area (TPSA) is 89.9 Å². The quantitative estimate of drug-likeness (QED) is 0.300. The highest BCUT2D eigenvalue weighted by atomic mass is 16.5. The number of fused-ring (bicyclic) bond motifs is 1. The zero-order valence-corrected chi connectivity index (χ0v) is 21.2. The number of hydrogen-bond donors (Lipinski definition) is 2. The van der Waals surface area contributed by atoms with Crippen molar-refractivity contribution in [2.24, 2.45) is 0 Å². The van der Waals surface area contributed by atoms with E-state index in [9.17, 15) is 5.26 Å². The summed E-state index contributed by atoms with van der Waals surface area (Å²) in [5.41, 5.74) is 6.10. The van der Waals surface area contributed by atoms with Crippen LogP contribution in [0.15, 0.2) is 55.2 Å². The Labute approximate surface area is 217 Å². The molecule has 0 bridgehead atoms. The zero-order valence-electron chi connectivity index (χ0n) is 21.2. The van der Waals surface area contributed by atoms with Crippen LogP contribution in [0.5, 0.6) is 5.75 Å². The SMILES string of the molecule is Cc1c(Nc2c(C#N)cncc2/C=C/c2cncc(OCCN3CCCCCC3)c2)ccc2[nH]ccc12. The van der Waals surface area contributed by atoms with Gasteiger partial charge in [-0.1, -0.05) is 25.0 Å². The fourth-order valence-electron chi connectivity index (χ4n) is 4.83. The maximum absolute atomic E-state index is 9.75. The molecule has 0 spiro atoms. The van der Waals surface area contributed by atoms with Gasteiger partial charge in [-0.3, -0.25) is 14.9 Å². The molecule has 0 saturated carbocycles. The van der Waals surface area contributed by atoms with E-state index in [2.05, 4.69) is 44.2 Å². The number of ether oxygens (including phenoxy) is 1. The summed E-state index contributed by atoms with van der Waals surface area (Å²) < 4.78 is 6.01. The molecule has 0 amide bonds. The molecular formula is C30H32N6O. The fourth-order valence-corrected chi connectivity index (χ4v) is 4.83. The summed E-state index contributed by atoms with van der Waals surface area (Å²) in [6.45, 7) is 5.99. The zero-order chi connectivity index (χ0) is 25.5. The lowest BCUT2D eigenvalue weighted by Gasteiger charge is -2.19. The van der Waals surface area contributed by atoms with Crippen molar-refractivity contribution in [1.29, 1.82) is 5.26 Å². The highest BCUT2D eigenvalue weighted by Gasteiger charge is 2.12. The molecule has 2 N–H and O–H groups in total. The van der Waals surface area contributed by atoms with Crippen molar-refractivity contribution in [2.45, 2.75) is 32.6 Å². The third-order valence-corrected chi connectivity index (χ3v) is 6.92. The molecule has 3 aromatic heterocycles. The maximum atomic E-state index is 9.75. The van der Waals surface area contributed by atoms with E-state index in [1.807, 2.05) is 36.5 Å². The monoisotopic (exact) mass is 492 g/mol. The molecule has 0 radical (unpaired) electrons. The third kappa shape index (κ3) is 5.99. The van der Waals surface area contributed by atoms with Crippen LogP contribution >= 0.6 is 0 Å². The Hall–Kier alpha value is -4.15. The van der Waals surface area contributed by atoms with Gasteiger partial charge in [-0.15, -0.1) is 0 Å². The van der Waals surface area contributed by atoms with Gasteiger partial charge < -0.3 is 15.0 Å². The molecule has 1 fully saturated rings. The maximum Gasteiger partial charge on any atom is 0.138 e. The van der Waals surface area contributed by atoms with Crippen molar-refractivity contribution in [3.63, 3.8) is 0 Å². The predicted octanol–water partition coefficient (Wildman–Crippen LogP) is 6.31. The number of benzene rings is 1. The van der Waals surface area contributed by atoms with Crippen molar-refractivity contribution in [2.75, 3.05) is 31.6 Å². The summed E-state index contributed by atoms with van der Waals surface area (Å²) in [6, 6.07) is 10.4. The molecule has 5 rings (SSSR count). The first kappa shape index (κ1) is 24.5. The van der Waals surface area contributed by atoms with Crippen molar-refractivity contribution in [1.82, 2.24) is 19.9 Å². The molecular weight excluding hydrogens is 460 g/mol. The van der Waals surface area contributed by atoms with Crippen molar-refractivity contribution in [3.05, 3.63) is 77.5 Å². The molecule has 4 heterocycles. The van der Waals surface area contributed by atoms with Crippen LogP contribution in [-0.2, 0) is 0 Å². The lowest BCUT2D eigenvalue weighted by atomic mass is 10.1. The van der Waals surface area contributed by atoms with Gasteiger partial charge in [0.15, 0.2) is 0 Å². The summed E-state index contributed by atoms with van der Waals surface area (Å²) in [5.74, 6) is 0.759. The van der Waals surface area contributed by atoms with Gasteiger partial charge in [0.1, 0.15) is 18.4 Å². The molecule has 1 aliphatic rings. The molecule has 37 heavy (non-hydrogen) atoms. The molecule has 1 aromatic carbocycles. The predicted molar refractivity (Wildman–Crippen MR) is 149 cm³/mol. The van der Waals surface area contributed by atoms with Crippen LogP contribution < -0.4 is 10.1 Å². The van der Waals surface area contributed by atoms with Crippen LogP contribution in [0, 0.1) is 18.3 Å². The standard InChI is InChI=1S/C30H32N6O/c1-22-27-10-11-34-29(27)9-8-28(22)35-30-24(19-33-20-25(30)17-31)7-6-23-16-26(21-32-18-23)37-15-14-36-12-4-2-3-5-13-36/h6-11,16,18-21,34H,2-5,12-15H2,1H3,(H,33,35)/b7-6+. The third-order valence-electron chi connectivity index (χ3n) is 6.92. The Morgan fingerprint density at radius 2 is 1.89 bits per heavy atom. The molecule has 1 aliphatic heterocycles. The number of anilines is 2. The first-order chi connectivity index (χ1) is 18.2. The largest absolute Gasteiger partial charge is 0.491 e. The number of aryl methyl sites for hydroxylation is 1. The first-order valence-corrected chi connectivity index (χ1v) is 12.9. The average Bonchev–Trinajstić information content (AvgIpc) is 3.26. The van der Waals surface area contributed by atoms with Gasteiger partial charge in [0, 0.05) is 53.5 Å². The van der Waals surface area contributed by atoms with Crippen molar-refractivity contribution in [3.8, 4) is 11.8 Å². The number of rotatable bonds is 8. The fraction of sp³-hybridized carbons (Fsp3) is 0.300. The van der Waals surface area contributed by atoms with Gasteiger partial charge in [0.25, 0.3) is 0 Å². The van der Waals surface area contributed by atoms with E-state index in [4.69, 9.17) is 4.74 Å². The molecule has 0 atom stereocenters. The Bertz CT molecular complexity index is 1430. The highest BCUT2D eigenvalue weighted by Crippen LogP contribution is 2.31. The van der Waals surface area contributed by atoms with E-state index in [1.54, 1.807) is 24.8 Å². The van der Waals surface area contributed by atoms with Crippen LogP contribution in [0.2, 0.25) is 0 Å². The van der Waals surface area contributed by atoms with E-state index in [-0.39, 0.29) is 0 Å². The minimum Gasteiger partial charge on any atom is -0.491 e. The lowest BCUT2D eigenvalue weighted by molar-refractivity contribution is 0.213. The number of aromatic nitrogens is 3. The summed E-state index contributed by atoms with van der Waals surface area (Å²) in [7, 11) is 0. The Morgan fingerprint density at radius 1 is 1.05 bits per heavy atom. The summed E-state index contributed by atoms with van der Waals surface area (Å²) in [5, 5.41) is 14.4. The van der Waals surface area contributed by atoms with Crippen LogP contribution in [0.3, 0.4) is 0 Å². The van der Waals surface area contributed by atoms with Gasteiger partial charge >= 0.3 is 0 Å². The van der Waals surface area contributed by atoms with Gasteiger partial charge in [0.2, 0.25) is 0 Å². The summed E-state index contributed by atoms with van der Waals surface area (Å²) in [4.78, 5) is 14.4. The molecule has 188 valence electrons. The van der Waals surface area contributed by atoms with Gasteiger partial charge in [-0.2, -0.15) is 5.26 Å². The van der Waals surface area contributed by atoms with E-state index >= 15 is 0 Å². The average molecular weight is 493 g/mol. The van der Waals surface area contributed by atoms with E-state index in [1.165, 1.54) is 25.7 Å². The van der Waals surface area contributed by atoms with Gasteiger partial charge in [0.05, 0.1) is 17.4 Å². The number of nitrogens with one attached hydrogen (secondary N) is 2. The second kappa shape index (κ2) is 11.7. The normalized spacial score (nSPS) is 14.5.